The van der Waals surface area contributed by atoms with E-state index in [0.29, 0.717) is 0 Å². The molecule has 0 saturated heterocycles. The van der Waals surface area contributed by atoms with E-state index in [1.807, 2.05) is 0 Å². The summed E-state index contributed by atoms with van der Waals surface area (Å²) < 4.78 is 4.70. The number of nitrogens with zero attached hydrogens (tertiary/aromatic N) is 1. The van der Waals surface area contributed by atoms with Crippen LogP contribution in [0.15, 0.2) is 0 Å². The van der Waals surface area contributed by atoms with Crippen LogP contribution in [0.1, 0.15) is 6.92 Å². The molecule has 0 fully saturated rings. The van der Waals surface area contributed by atoms with Crippen molar-refractivity contribution >= 4 is 12.0 Å². The summed E-state index contributed by atoms with van der Waals surface area (Å²) in [6.45, 7) is 1.32. The van der Waals surface area contributed by atoms with Crippen LogP contribution in [0.2, 0.25) is 0 Å². The fourth-order valence-corrected chi connectivity index (χ4v) is 1.28. The third kappa shape index (κ3) is 5.80. The van der Waals surface area contributed by atoms with Gasteiger partial charge in [0.05, 0.1) is 25.4 Å². The summed E-state index contributed by atoms with van der Waals surface area (Å²) in [7, 11) is 2.81. The van der Waals surface area contributed by atoms with E-state index in [4.69, 9.17) is 9.84 Å². The van der Waals surface area contributed by atoms with Crippen LogP contribution in [0.3, 0.4) is 0 Å². The number of likely N-dealkylation sites (N-methyl/N-ethyl adjacent to an activating group) is 1. The van der Waals surface area contributed by atoms with E-state index in [-0.39, 0.29) is 13.2 Å². The van der Waals surface area contributed by atoms with Gasteiger partial charge in [-0.3, -0.25) is 0 Å². The van der Waals surface area contributed by atoms with Gasteiger partial charge in [0.1, 0.15) is 0 Å². The van der Waals surface area contributed by atoms with E-state index in [0.717, 1.165) is 4.90 Å². The number of methoxy groups -OCH3 is 1. The summed E-state index contributed by atoms with van der Waals surface area (Å²) in [5, 5.41) is 29.5. The third-order valence-corrected chi connectivity index (χ3v) is 2.22. The average Bonchev–Trinajstić information content (AvgIpc) is 2.24. The molecule has 0 aliphatic rings. The van der Waals surface area contributed by atoms with Gasteiger partial charge in [0.15, 0.2) is 6.04 Å². The summed E-state index contributed by atoms with van der Waals surface area (Å²) in [6.07, 6.45) is -2.08. The Morgan fingerprint density at radius 1 is 1.39 bits per heavy atom. The molecule has 3 unspecified atom stereocenters. The lowest BCUT2D eigenvalue weighted by Gasteiger charge is -2.24. The lowest BCUT2D eigenvalue weighted by Crippen LogP contribution is -2.52. The molecule has 0 saturated carbocycles. The van der Waals surface area contributed by atoms with Crippen molar-refractivity contribution < 1.29 is 29.6 Å². The van der Waals surface area contributed by atoms with Crippen LogP contribution in [0.25, 0.3) is 0 Å². The number of carboxylic acids is 1. The molecule has 0 bridgehead atoms. The first-order valence-electron chi connectivity index (χ1n) is 5.39. The first-order valence-corrected chi connectivity index (χ1v) is 5.39. The molecular weight excluding hydrogens is 244 g/mol. The predicted octanol–water partition coefficient (Wildman–Crippen LogP) is -1.53. The summed E-state index contributed by atoms with van der Waals surface area (Å²) in [5.74, 6) is -1.33. The molecule has 3 atom stereocenters. The number of carboxylic acid groups (broad SMARTS) is 1. The molecule has 0 heterocycles. The summed E-state index contributed by atoms with van der Waals surface area (Å²) in [4.78, 5) is 23.5. The molecule has 8 nitrogen and oxygen atoms in total. The molecule has 0 rings (SSSR count). The largest absolute Gasteiger partial charge is 0.480 e. The van der Waals surface area contributed by atoms with Crippen LogP contribution in [0, 0.1) is 0 Å². The number of aliphatic carboxylic acids is 1. The highest BCUT2D eigenvalue weighted by Gasteiger charge is 2.26. The van der Waals surface area contributed by atoms with Crippen molar-refractivity contribution in [2.75, 3.05) is 27.3 Å². The van der Waals surface area contributed by atoms with Gasteiger partial charge in [-0.15, -0.1) is 0 Å². The third-order valence-electron chi connectivity index (χ3n) is 2.22. The number of urea groups is 1. The van der Waals surface area contributed by atoms with Crippen molar-refractivity contribution in [1.82, 2.24) is 10.2 Å². The number of ether oxygens (including phenoxy) is 1. The highest BCUT2D eigenvalue weighted by atomic mass is 16.5. The van der Waals surface area contributed by atoms with Crippen molar-refractivity contribution in [2.45, 2.75) is 25.2 Å². The van der Waals surface area contributed by atoms with Gasteiger partial charge in [-0.1, -0.05) is 0 Å². The van der Waals surface area contributed by atoms with Crippen molar-refractivity contribution in [2.24, 2.45) is 0 Å². The molecule has 0 aromatic rings. The first-order chi connectivity index (χ1) is 8.29. The number of carbonyl (C=O) groups is 2. The van der Waals surface area contributed by atoms with Gasteiger partial charge in [-0.2, -0.15) is 0 Å². The van der Waals surface area contributed by atoms with Gasteiger partial charge < -0.3 is 30.3 Å². The number of aliphatic hydroxyl groups is 2. The molecule has 18 heavy (non-hydrogen) atoms. The van der Waals surface area contributed by atoms with E-state index >= 15 is 0 Å². The van der Waals surface area contributed by atoms with E-state index in [1.165, 1.54) is 21.1 Å². The molecule has 0 spiro atoms. The second-order valence-electron chi connectivity index (χ2n) is 4.00. The molecule has 4 N–H and O–H groups in total. The zero-order valence-electron chi connectivity index (χ0n) is 10.7. The van der Waals surface area contributed by atoms with E-state index in [2.05, 4.69) is 5.32 Å². The zero-order valence-corrected chi connectivity index (χ0v) is 10.7. The second-order valence-corrected chi connectivity index (χ2v) is 4.00. The van der Waals surface area contributed by atoms with Gasteiger partial charge in [0.2, 0.25) is 0 Å². The number of hydrogen-bond donors (Lipinski definition) is 4. The summed E-state index contributed by atoms with van der Waals surface area (Å²) in [5.41, 5.74) is 0. The number of carbonyl (C=O) groups excluding carboxylic acids is 1. The van der Waals surface area contributed by atoms with Crippen LogP contribution in [0.4, 0.5) is 4.79 Å². The van der Waals surface area contributed by atoms with Crippen LogP contribution >= 0.6 is 0 Å². The molecule has 0 aliphatic carbocycles. The molecule has 0 aliphatic heterocycles. The topological polar surface area (TPSA) is 119 Å². The Bertz CT molecular complexity index is 284. The number of hydrogen-bond acceptors (Lipinski definition) is 5. The highest BCUT2D eigenvalue weighted by molar-refractivity contribution is 5.82. The Balaban J connectivity index is 4.33. The molecule has 0 radical (unpaired) electrons. The Morgan fingerprint density at radius 2 is 1.94 bits per heavy atom. The van der Waals surface area contributed by atoms with Crippen molar-refractivity contribution in [3.63, 3.8) is 0 Å². The van der Waals surface area contributed by atoms with Crippen molar-refractivity contribution in [3.8, 4) is 0 Å². The molecule has 8 heteroatoms. The molecular formula is C10H20N2O6. The van der Waals surface area contributed by atoms with Crippen molar-refractivity contribution in [1.29, 1.82) is 0 Å². The number of aliphatic hydroxyl groups excluding tert-OH is 2. The predicted molar refractivity (Wildman–Crippen MR) is 62.1 cm³/mol. The minimum absolute atomic E-state index is 0.00811. The summed E-state index contributed by atoms with van der Waals surface area (Å²) in [6, 6.07) is -2.09. The number of amides is 2. The molecule has 0 aromatic carbocycles. The Kier molecular flexibility index (Phi) is 7.25. The smallest absolute Gasteiger partial charge is 0.328 e. The van der Waals surface area contributed by atoms with E-state index in [1.54, 1.807) is 0 Å². The van der Waals surface area contributed by atoms with Crippen LogP contribution in [-0.4, -0.2) is 77.8 Å². The minimum atomic E-state index is -1.39. The minimum Gasteiger partial charge on any atom is -0.480 e. The maximum Gasteiger partial charge on any atom is 0.328 e. The van der Waals surface area contributed by atoms with Gasteiger partial charge in [0, 0.05) is 14.2 Å². The highest BCUT2D eigenvalue weighted by Crippen LogP contribution is 1.97. The number of nitrogens with one attached hydrogen (secondary N) is 1. The maximum absolute atomic E-state index is 11.6. The summed E-state index contributed by atoms with van der Waals surface area (Å²) >= 11 is 0. The lowest BCUT2D eigenvalue weighted by atomic mass is 10.2. The molecule has 0 aromatic heterocycles. The lowest BCUT2D eigenvalue weighted by molar-refractivity contribution is -0.141. The Morgan fingerprint density at radius 3 is 2.33 bits per heavy atom. The fraction of sp³-hybridized carbons (Fsp3) is 0.800. The van der Waals surface area contributed by atoms with Gasteiger partial charge in [-0.25, -0.2) is 9.59 Å². The van der Waals surface area contributed by atoms with Crippen LogP contribution in [-0.2, 0) is 9.53 Å². The van der Waals surface area contributed by atoms with E-state index in [9.17, 15) is 19.8 Å². The fourth-order valence-electron chi connectivity index (χ4n) is 1.28. The quantitative estimate of drug-likeness (QED) is 0.443. The Hall–Kier alpha value is -1.38. The maximum atomic E-state index is 11.6. The second kappa shape index (κ2) is 7.85. The van der Waals surface area contributed by atoms with Gasteiger partial charge in [0.25, 0.3) is 0 Å². The van der Waals surface area contributed by atoms with Gasteiger partial charge >= 0.3 is 12.0 Å². The van der Waals surface area contributed by atoms with E-state index < -0.39 is 30.3 Å². The average molecular weight is 264 g/mol. The monoisotopic (exact) mass is 264 g/mol. The van der Waals surface area contributed by atoms with Crippen LogP contribution < -0.4 is 5.32 Å². The zero-order chi connectivity index (χ0) is 14.3. The van der Waals surface area contributed by atoms with Gasteiger partial charge in [-0.05, 0) is 6.92 Å². The van der Waals surface area contributed by atoms with Crippen molar-refractivity contribution in [3.05, 3.63) is 0 Å². The molecule has 2 amide bonds. The normalized spacial score (nSPS) is 15.6. The standard InChI is InChI=1S/C10H20N2O6/c1-6(13)8(9(15)16)11-10(17)12(2)4-7(14)5-18-3/h6-8,13-14H,4-5H2,1-3H3,(H,11,17)(H,15,16). The number of rotatable bonds is 7. The first kappa shape index (κ1) is 16.6. The SMILES string of the molecule is COCC(O)CN(C)C(=O)NC(C(=O)O)C(C)O. The van der Waals surface area contributed by atoms with Crippen LogP contribution in [0.5, 0.6) is 0 Å². The Labute approximate surface area is 105 Å². The molecule has 106 valence electrons.